The number of carbonyl (C=O) groups excluding carboxylic acids is 2. The number of urea groups is 1. The number of hydrogen-bond acceptors (Lipinski definition) is 4. The minimum Gasteiger partial charge on any atom is -0.352 e. The molecule has 3 rings (SSSR count). The molecule has 0 aliphatic carbocycles. The molecule has 6 nitrogen and oxygen atoms in total. The van der Waals surface area contributed by atoms with Gasteiger partial charge in [0.1, 0.15) is 5.82 Å². The first-order chi connectivity index (χ1) is 8.25. The summed E-state index contributed by atoms with van der Waals surface area (Å²) in [5.74, 6) is 0.747. The smallest absolute Gasteiger partial charge is 0.324 e. The number of nitrogens with zero attached hydrogens (tertiary/aromatic N) is 3. The molecule has 0 atom stereocenters. The lowest BCUT2D eigenvalue weighted by Crippen LogP contribution is -2.61. The Kier molecular flexibility index (Phi) is 2.21. The van der Waals surface area contributed by atoms with Crippen LogP contribution in [0.25, 0.3) is 0 Å². The van der Waals surface area contributed by atoms with Gasteiger partial charge in [-0.2, -0.15) is 0 Å². The van der Waals surface area contributed by atoms with Crippen LogP contribution in [0.1, 0.15) is 0 Å². The Labute approximate surface area is 98.2 Å². The molecule has 0 bridgehead atoms. The zero-order chi connectivity index (χ0) is 11.8. The third kappa shape index (κ3) is 1.61. The van der Waals surface area contributed by atoms with E-state index in [0.717, 1.165) is 5.82 Å². The van der Waals surface area contributed by atoms with Gasteiger partial charge in [-0.05, 0) is 12.1 Å². The van der Waals surface area contributed by atoms with Crippen molar-refractivity contribution in [1.82, 2.24) is 15.2 Å². The second-order valence-corrected chi connectivity index (χ2v) is 4.17. The van der Waals surface area contributed by atoms with Crippen molar-refractivity contribution in [1.29, 1.82) is 0 Å². The number of pyridine rings is 1. The Balaban J connectivity index is 1.65. The molecule has 0 spiro atoms. The highest BCUT2D eigenvalue weighted by molar-refractivity contribution is 6.02. The molecule has 3 amide bonds. The van der Waals surface area contributed by atoms with E-state index in [-0.39, 0.29) is 24.5 Å². The van der Waals surface area contributed by atoms with E-state index < -0.39 is 0 Å². The number of anilines is 1. The average molecular weight is 232 g/mol. The van der Waals surface area contributed by atoms with E-state index >= 15 is 0 Å². The highest BCUT2D eigenvalue weighted by Gasteiger charge is 2.41. The Morgan fingerprint density at radius 1 is 1.29 bits per heavy atom. The Morgan fingerprint density at radius 3 is 2.71 bits per heavy atom. The summed E-state index contributed by atoms with van der Waals surface area (Å²) in [5.41, 5.74) is 0. The SMILES string of the molecule is O=C1CNC(=O)N1C1CN(c2ccccn2)C1. The molecule has 1 N–H and O–H groups in total. The van der Waals surface area contributed by atoms with Gasteiger partial charge in [-0.1, -0.05) is 6.07 Å². The number of carbonyl (C=O) groups is 2. The molecular formula is C11H12N4O2. The number of aromatic nitrogens is 1. The largest absolute Gasteiger partial charge is 0.352 e. The summed E-state index contributed by atoms with van der Waals surface area (Å²) >= 11 is 0. The second-order valence-electron chi connectivity index (χ2n) is 4.17. The molecule has 0 saturated carbocycles. The first-order valence-electron chi connectivity index (χ1n) is 5.51. The van der Waals surface area contributed by atoms with Gasteiger partial charge < -0.3 is 10.2 Å². The normalized spacial score (nSPS) is 20.5. The molecule has 1 aromatic rings. The summed E-state index contributed by atoms with van der Waals surface area (Å²) < 4.78 is 0. The predicted octanol–water partition coefficient (Wildman–Crippen LogP) is -0.178. The van der Waals surface area contributed by atoms with Crippen molar-refractivity contribution >= 4 is 17.8 Å². The fourth-order valence-corrected chi connectivity index (χ4v) is 2.15. The maximum atomic E-state index is 11.5. The molecule has 17 heavy (non-hydrogen) atoms. The molecule has 0 unspecified atom stereocenters. The average Bonchev–Trinajstić information content (AvgIpc) is 2.60. The quantitative estimate of drug-likeness (QED) is 0.718. The molecule has 88 valence electrons. The van der Waals surface area contributed by atoms with E-state index in [1.54, 1.807) is 6.20 Å². The van der Waals surface area contributed by atoms with Gasteiger partial charge in [0.25, 0.3) is 0 Å². The monoisotopic (exact) mass is 232 g/mol. The van der Waals surface area contributed by atoms with E-state index in [4.69, 9.17) is 0 Å². The standard InChI is InChI=1S/C11H12N4O2/c16-10-5-13-11(17)15(10)8-6-14(7-8)9-3-1-2-4-12-9/h1-4,8H,5-7H2,(H,13,17). The van der Waals surface area contributed by atoms with E-state index in [1.165, 1.54) is 4.90 Å². The molecular weight excluding hydrogens is 220 g/mol. The third-order valence-corrected chi connectivity index (χ3v) is 3.08. The highest BCUT2D eigenvalue weighted by Crippen LogP contribution is 2.22. The van der Waals surface area contributed by atoms with Gasteiger partial charge in [-0.25, -0.2) is 9.78 Å². The van der Waals surface area contributed by atoms with Gasteiger partial charge in [0.2, 0.25) is 5.91 Å². The lowest BCUT2D eigenvalue weighted by atomic mass is 10.1. The van der Waals surface area contributed by atoms with E-state index in [2.05, 4.69) is 10.3 Å². The number of amides is 3. The first-order valence-corrected chi connectivity index (χ1v) is 5.51. The van der Waals surface area contributed by atoms with Crippen LogP contribution in [0.5, 0.6) is 0 Å². The molecule has 6 heteroatoms. The van der Waals surface area contributed by atoms with Gasteiger partial charge in [-0.3, -0.25) is 9.69 Å². The molecule has 1 aromatic heterocycles. The fourth-order valence-electron chi connectivity index (χ4n) is 2.15. The van der Waals surface area contributed by atoms with Gasteiger partial charge >= 0.3 is 6.03 Å². The second kappa shape index (κ2) is 3.73. The van der Waals surface area contributed by atoms with Gasteiger partial charge in [0.05, 0.1) is 12.6 Å². The molecule has 0 radical (unpaired) electrons. The molecule has 2 aliphatic rings. The Bertz CT molecular complexity index is 440. The van der Waals surface area contributed by atoms with E-state index in [0.29, 0.717) is 13.1 Å². The van der Waals surface area contributed by atoms with Crippen molar-refractivity contribution in [3.63, 3.8) is 0 Å². The van der Waals surface area contributed by atoms with Gasteiger partial charge in [0, 0.05) is 19.3 Å². The third-order valence-electron chi connectivity index (χ3n) is 3.08. The predicted molar refractivity (Wildman–Crippen MR) is 60.5 cm³/mol. The minimum atomic E-state index is -0.277. The van der Waals surface area contributed by atoms with Crippen LogP contribution in [-0.4, -0.2) is 47.5 Å². The Hall–Kier alpha value is -2.11. The summed E-state index contributed by atoms with van der Waals surface area (Å²) in [6.45, 7) is 1.45. The van der Waals surface area contributed by atoms with Crippen LogP contribution < -0.4 is 10.2 Å². The van der Waals surface area contributed by atoms with E-state index in [9.17, 15) is 9.59 Å². The zero-order valence-corrected chi connectivity index (χ0v) is 9.17. The summed E-state index contributed by atoms with van der Waals surface area (Å²) in [4.78, 5) is 30.5. The van der Waals surface area contributed by atoms with Crippen LogP contribution in [0.15, 0.2) is 24.4 Å². The van der Waals surface area contributed by atoms with Gasteiger partial charge in [-0.15, -0.1) is 0 Å². The lowest BCUT2D eigenvalue weighted by Gasteiger charge is -2.43. The lowest BCUT2D eigenvalue weighted by molar-refractivity contribution is -0.126. The summed E-state index contributed by atoms with van der Waals surface area (Å²) in [7, 11) is 0. The van der Waals surface area contributed by atoms with Crippen molar-refractivity contribution in [3.05, 3.63) is 24.4 Å². The van der Waals surface area contributed by atoms with Crippen LogP contribution in [0.3, 0.4) is 0 Å². The minimum absolute atomic E-state index is 0.0213. The summed E-state index contributed by atoms with van der Waals surface area (Å²) in [6, 6.07) is 5.40. The zero-order valence-electron chi connectivity index (χ0n) is 9.17. The molecule has 2 aliphatic heterocycles. The van der Waals surface area contributed by atoms with Crippen LogP contribution in [0, 0.1) is 0 Å². The maximum absolute atomic E-state index is 11.5. The highest BCUT2D eigenvalue weighted by atomic mass is 16.2. The maximum Gasteiger partial charge on any atom is 0.324 e. The number of imide groups is 1. The van der Waals surface area contributed by atoms with Crippen LogP contribution in [-0.2, 0) is 4.79 Å². The van der Waals surface area contributed by atoms with Crippen molar-refractivity contribution in [2.24, 2.45) is 0 Å². The number of rotatable bonds is 2. The topological polar surface area (TPSA) is 65.5 Å². The van der Waals surface area contributed by atoms with E-state index in [1.807, 2.05) is 23.1 Å². The molecule has 2 saturated heterocycles. The van der Waals surface area contributed by atoms with Crippen molar-refractivity contribution in [2.75, 3.05) is 24.5 Å². The van der Waals surface area contributed by atoms with Crippen LogP contribution in [0.2, 0.25) is 0 Å². The summed E-state index contributed by atoms with van der Waals surface area (Å²) in [5, 5.41) is 2.53. The summed E-state index contributed by atoms with van der Waals surface area (Å²) in [6.07, 6.45) is 1.73. The molecule has 0 aromatic carbocycles. The van der Waals surface area contributed by atoms with Crippen molar-refractivity contribution < 1.29 is 9.59 Å². The Morgan fingerprint density at radius 2 is 2.12 bits per heavy atom. The molecule has 3 heterocycles. The van der Waals surface area contributed by atoms with Crippen LogP contribution in [0.4, 0.5) is 10.6 Å². The van der Waals surface area contributed by atoms with Crippen LogP contribution >= 0.6 is 0 Å². The molecule has 2 fully saturated rings. The number of nitrogens with one attached hydrogen (secondary N) is 1. The first kappa shape index (κ1) is 10.1. The fraction of sp³-hybridized carbons (Fsp3) is 0.364. The van der Waals surface area contributed by atoms with Crippen molar-refractivity contribution in [2.45, 2.75) is 6.04 Å². The van der Waals surface area contributed by atoms with Gasteiger partial charge in [0.15, 0.2) is 0 Å². The number of hydrogen-bond donors (Lipinski definition) is 1. The van der Waals surface area contributed by atoms with Crippen molar-refractivity contribution in [3.8, 4) is 0 Å².